The molecule has 1 fully saturated rings. The minimum Gasteiger partial charge on any atom is -0.0654 e. The molecule has 0 spiro atoms. The normalized spacial score (nSPS) is 22.2. The Labute approximate surface area is 129 Å². The molecule has 0 heteroatoms. The van der Waals surface area contributed by atoms with Crippen molar-refractivity contribution < 1.29 is 0 Å². The molecule has 0 N–H and O–H groups in total. The third-order valence-electron chi connectivity index (χ3n) is 6.16. The Morgan fingerprint density at radius 2 is 1.45 bits per heavy atom. The van der Waals surface area contributed by atoms with Crippen molar-refractivity contribution >= 4 is 0 Å². The highest BCUT2D eigenvalue weighted by atomic mass is 14.4. The summed E-state index contributed by atoms with van der Waals surface area (Å²) in [6.07, 6.45) is 19.0. The second-order valence-corrected chi connectivity index (χ2v) is 7.67. The van der Waals surface area contributed by atoms with Crippen LogP contribution in [-0.2, 0) is 0 Å². The topological polar surface area (TPSA) is 0 Å². The van der Waals surface area contributed by atoms with Gasteiger partial charge in [-0.3, -0.25) is 0 Å². The number of rotatable bonds is 9. The molecule has 1 aliphatic rings. The van der Waals surface area contributed by atoms with Gasteiger partial charge in [-0.05, 0) is 36.5 Å². The Kier molecular flexibility index (Phi) is 8.89. The van der Waals surface area contributed by atoms with Crippen LogP contribution in [0.3, 0.4) is 0 Å². The van der Waals surface area contributed by atoms with Crippen molar-refractivity contribution in [1.82, 2.24) is 0 Å². The maximum Gasteiger partial charge on any atom is -0.0298 e. The zero-order valence-electron chi connectivity index (χ0n) is 14.8. The largest absolute Gasteiger partial charge is 0.0654 e. The van der Waals surface area contributed by atoms with Gasteiger partial charge in [0.1, 0.15) is 0 Å². The molecule has 0 heterocycles. The summed E-state index contributed by atoms with van der Waals surface area (Å²) < 4.78 is 0. The third kappa shape index (κ3) is 5.78. The highest BCUT2D eigenvalue weighted by molar-refractivity contribution is 4.84. The second kappa shape index (κ2) is 9.85. The lowest BCUT2D eigenvalue weighted by Crippen LogP contribution is -2.26. The predicted octanol–water partition coefficient (Wildman–Crippen LogP) is 7.37. The molecule has 0 nitrogen and oxygen atoms in total. The fraction of sp³-hybridized carbons (Fsp3) is 1.00. The molecule has 1 saturated carbocycles. The quantitative estimate of drug-likeness (QED) is 0.387. The van der Waals surface area contributed by atoms with Crippen LogP contribution in [0.1, 0.15) is 111 Å². The summed E-state index contributed by atoms with van der Waals surface area (Å²) in [5.74, 6) is 1.99. The van der Waals surface area contributed by atoms with Gasteiger partial charge in [-0.15, -0.1) is 0 Å². The molecule has 2 unspecified atom stereocenters. The van der Waals surface area contributed by atoms with Crippen LogP contribution in [0.5, 0.6) is 0 Å². The minimum absolute atomic E-state index is 0.664. The molecule has 0 bridgehead atoms. The molecular weight excluding hydrogens is 240 g/mol. The maximum absolute atomic E-state index is 2.61. The van der Waals surface area contributed by atoms with Gasteiger partial charge in [0.15, 0.2) is 0 Å². The first-order valence-electron chi connectivity index (χ1n) is 9.66. The van der Waals surface area contributed by atoms with E-state index >= 15 is 0 Å². The zero-order valence-corrected chi connectivity index (χ0v) is 14.8. The lowest BCUT2D eigenvalue weighted by atomic mass is 9.68. The smallest absolute Gasteiger partial charge is 0.0298 e. The Morgan fingerprint density at radius 3 is 1.95 bits per heavy atom. The molecular formula is C20H40. The lowest BCUT2D eigenvalue weighted by Gasteiger charge is -2.37. The van der Waals surface area contributed by atoms with E-state index < -0.39 is 0 Å². The molecule has 0 saturated heterocycles. The molecule has 0 aromatic heterocycles. The van der Waals surface area contributed by atoms with E-state index in [2.05, 4.69) is 27.7 Å². The van der Waals surface area contributed by atoms with Gasteiger partial charge in [0.05, 0.1) is 0 Å². The second-order valence-electron chi connectivity index (χ2n) is 7.67. The van der Waals surface area contributed by atoms with Crippen LogP contribution in [0.2, 0.25) is 0 Å². The van der Waals surface area contributed by atoms with Gasteiger partial charge < -0.3 is 0 Å². The molecule has 0 aliphatic heterocycles. The van der Waals surface area contributed by atoms with Gasteiger partial charge in [-0.1, -0.05) is 91.9 Å². The van der Waals surface area contributed by atoms with Crippen molar-refractivity contribution in [2.75, 3.05) is 0 Å². The van der Waals surface area contributed by atoms with Gasteiger partial charge in [-0.25, -0.2) is 0 Å². The highest BCUT2D eigenvalue weighted by Gasteiger charge is 2.32. The van der Waals surface area contributed by atoms with E-state index in [1.165, 1.54) is 83.5 Å². The van der Waals surface area contributed by atoms with Crippen LogP contribution in [0.4, 0.5) is 0 Å². The van der Waals surface area contributed by atoms with E-state index in [1.54, 1.807) is 0 Å². The van der Waals surface area contributed by atoms with E-state index in [1.807, 2.05) is 0 Å². The van der Waals surface area contributed by atoms with Crippen molar-refractivity contribution in [2.24, 2.45) is 17.3 Å². The molecule has 1 aliphatic carbocycles. The van der Waals surface area contributed by atoms with Crippen molar-refractivity contribution in [2.45, 2.75) is 111 Å². The van der Waals surface area contributed by atoms with Gasteiger partial charge in [-0.2, -0.15) is 0 Å². The first kappa shape index (κ1) is 18.1. The van der Waals surface area contributed by atoms with E-state index in [0.29, 0.717) is 5.41 Å². The molecule has 120 valence electrons. The van der Waals surface area contributed by atoms with E-state index in [-0.39, 0.29) is 0 Å². The van der Waals surface area contributed by atoms with Gasteiger partial charge >= 0.3 is 0 Å². The minimum atomic E-state index is 0.664. The first-order chi connectivity index (χ1) is 9.66. The van der Waals surface area contributed by atoms with Crippen LogP contribution in [0.15, 0.2) is 0 Å². The third-order valence-corrected chi connectivity index (χ3v) is 6.16. The molecule has 20 heavy (non-hydrogen) atoms. The Morgan fingerprint density at radius 1 is 0.800 bits per heavy atom. The summed E-state index contributed by atoms with van der Waals surface area (Å²) >= 11 is 0. The van der Waals surface area contributed by atoms with E-state index in [4.69, 9.17) is 0 Å². The summed E-state index contributed by atoms with van der Waals surface area (Å²) in [5.41, 5.74) is 0.664. The van der Waals surface area contributed by atoms with E-state index in [0.717, 1.165) is 11.8 Å². The number of hydrogen-bond acceptors (Lipinski definition) is 0. The van der Waals surface area contributed by atoms with Gasteiger partial charge in [0.2, 0.25) is 0 Å². The van der Waals surface area contributed by atoms with Crippen molar-refractivity contribution in [3.8, 4) is 0 Å². The highest BCUT2D eigenvalue weighted by Crippen LogP contribution is 2.44. The predicted molar refractivity (Wildman–Crippen MR) is 92.1 cm³/mol. The summed E-state index contributed by atoms with van der Waals surface area (Å²) in [5, 5.41) is 0. The standard InChI is InChI=1S/C20H40/c1-5-13-18(6-2)14-12-15-19(7-3)20(4)16-10-8-9-11-17-20/h18-19H,5-17H2,1-4H3. The van der Waals surface area contributed by atoms with Gasteiger partial charge in [0, 0.05) is 0 Å². The van der Waals surface area contributed by atoms with Crippen molar-refractivity contribution in [3.63, 3.8) is 0 Å². The fourth-order valence-electron chi connectivity index (χ4n) is 4.60. The zero-order chi connectivity index (χ0) is 14.8. The first-order valence-corrected chi connectivity index (χ1v) is 9.66. The van der Waals surface area contributed by atoms with Crippen LogP contribution in [0.25, 0.3) is 0 Å². The summed E-state index contributed by atoms with van der Waals surface area (Å²) in [6, 6.07) is 0. The SMILES string of the molecule is CCCC(CC)CCCC(CC)C1(C)CCCCCC1. The Hall–Kier alpha value is 0. The summed E-state index contributed by atoms with van der Waals surface area (Å²) in [6.45, 7) is 9.76. The fourth-order valence-corrected chi connectivity index (χ4v) is 4.60. The van der Waals surface area contributed by atoms with Crippen LogP contribution in [0, 0.1) is 17.3 Å². The summed E-state index contributed by atoms with van der Waals surface area (Å²) in [7, 11) is 0. The van der Waals surface area contributed by atoms with E-state index in [9.17, 15) is 0 Å². The summed E-state index contributed by atoms with van der Waals surface area (Å²) in [4.78, 5) is 0. The van der Waals surface area contributed by atoms with Crippen LogP contribution in [-0.4, -0.2) is 0 Å². The average Bonchev–Trinajstić information content (AvgIpc) is 2.67. The average molecular weight is 281 g/mol. The molecule has 2 atom stereocenters. The maximum atomic E-state index is 2.61. The Bertz CT molecular complexity index is 222. The van der Waals surface area contributed by atoms with Crippen LogP contribution >= 0.6 is 0 Å². The molecule has 0 amide bonds. The van der Waals surface area contributed by atoms with Crippen molar-refractivity contribution in [3.05, 3.63) is 0 Å². The van der Waals surface area contributed by atoms with Crippen LogP contribution < -0.4 is 0 Å². The molecule has 0 aromatic rings. The lowest BCUT2D eigenvalue weighted by molar-refractivity contribution is 0.136. The molecule has 0 radical (unpaired) electrons. The monoisotopic (exact) mass is 280 g/mol. The van der Waals surface area contributed by atoms with Gasteiger partial charge in [0.25, 0.3) is 0 Å². The molecule has 0 aromatic carbocycles. The Balaban J connectivity index is 2.41. The molecule has 1 rings (SSSR count). The van der Waals surface area contributed by atoms with Crippen molar-refractivity contribution in [1.29, 1.82) is 0 Å². The number of hydrogen-bond donors (Lipinski definition) is 0.